The van der Waals surface area contributed by atoms with Crippen LogP contribution >= 0.6 is 0 Å². The fourth-order valence-electron chi connectivity index (χ4n) is 14.0. The second-order valence-electron chi connectivity index (χ2n) is 21.1. The molecule has 8 N–H and O–H groups in total. The zero-order valence-corrected chi connectivity index (χ0v) is 36.5. The Morgan fingerprint density at radius 1 is 0.689 bits per heavy atom. The van der Waals surface area contributed by atoms with Crippen LogP contribution in [-0.4, -0.2) is 164 Å². The Bertz CT molecular complexity index is 1590. The first-order valence-corrected chi connectivity index (χ1v) is 23.2. The predicted molar refractivity (Wildman–Crippen MR) is 213 cm³/mol. The molecular formula is C45H72O16. The molecule has 61 heavy (non-hydrogen) atoms. The van der Waals surface area contributed by atoms with Crippen molar-refractivity contribution in [3.63, 3.8) is 0 Å². The zero-order chi connectivity index (χ0) is 43.5. The van der Waals surface area contributed by atoms with Gasteiger partial charge in [-0.3, -0.25) is 0 Å². The number of aliphatic hydroxyl groups excluding tert-OH is 8. The summed E-state index contributed by atoms with van der Waals surface area (Å²) in [5, 5.41) is 85.9. The van der Waals surface area contributed by atoms with E-state index in [0.29, 0.717) is 48.3 Å². The van der Waals surface area contributed by atoms with E-state index in [2.05, 4.69) is 33.8 Å². The third kappa shape index (κ3) is 7.42. The number of fused-ring (bicyclic) bond motifs is 7. The lowest BCUT2D eigenvalue weighted by Crippen LogP contribution is -2.67. The first-order chi connectivity index (χ1) is 28.9. The van der Waals surface area contributed by atoms with Crippen molar-refractivity contribution < 1.29 is 78.7 Å². The minimum Gasteiger partial charge on any atom is -0.394 e. The Labute approximate surface area is 358 Å². The first kappa shape index (κ1) is 45.3. The SMILES string of the molecule is C[C@H]1CC[C@@]2(OC1)O[C@H]1C[C@H]3[C@@H]4CC=C5C[C@@H](O[C@@H]6O[C@H](CO)[C@@H](O)[C@H](O[C@H]7O[C@@H](C)[C@H](O)[C@@H](O)[C@H]7O)[C@H]6O[C@H]6O[C@@H](C)[C@H](O)[C@@H](O)[C@H]6O)CC[C@]5(C)[C@H]4CC[C@]3(C)[C@H]1[C@@H]2C. The van der Waals surface area contributed by atoms with Gasteiger partial charge in [0, 0.05) is 12.3 Å². The highest BCUT2D eigenvalue weighted by atomic mass is 16.8. The molecule has 16 heteroatoms. The Kier molecular flexibility index (Phi) is 12.4. The van der Waals surface area contributed by atoms with Crippen molar-refractivity contribution in [2.75, 3.05) is 13.2 Å². The van der Waals surface area contributed by atoms with Gasteiger partial charge in [-0.1, -0.05) is 39.3 Å². The van der Waals surface area contributed by atoms with Crippen molar-refractivity contribution in [3.8, 4) is 0 Å². The third-order valence-corrected chi connectivity index (χ3v) is 17.6. The summed E-state index contributed by atoms with van der Waals surface area (Å²) in [6.07, 6.45) is -10.6. The van der Waals surface area contributed by atoms with Gasteiger partial charge in [-0.25, -0.2) is 0 Å². The molecule has 348 valence electrons. The normalized spacial score (nSPS) is 58.4. The van der Waals surface area contributed by atoms with Crippen molar-refractivity contribution in [2.45, 2.75) is 209 Å². The maximum atomic E-state index is 11.6. The van der Waals surface area contributed by atoms with Crippen LogP contribution in [0.3, 0.4) is 0 Å². The number of hydrogen-bond acceptors (Lipinski definition) is 16. The van der Waals surface area contributed by atoms with Gasteiger partial charge >= 0.3 is 0 Å². The van der Waals surface area contributed by atoms with Crippen molar-refractivity contribution in [3.05, 3.63) is 11.6 Å². The summed E-state index contributed by atoms with van der Waals surface area (Å²) in [4.78, 5) is 0. The minimum atomic E-state index is -1.73. The fraction of sp³-hybridized carbons (Fsp3) is 0.956. The van der Waals surface area contributed by atoms with Gasteiger partial charge in [0.15, 0.2) is 24.7 Å². The molecule has 26 atom stereocenters. The van der Waals surface area contributed by atoms with Crippen LogP contribution < -0.4 is 0 Å². The molecule has 5 saturated heterocycles. The van der Waals surface area contributed by atoms with E-state index in [0.717, 1.165) is 51.6 Å². The number of hydrogen-bond donors (Lipinski definition) is 8. The van der Waals surface area contributed by atoms with E-state index in [4.69, 9.17) is 37.9 Å². The van der Waals surface area contributed by atoms with E-state index in [-0.39, 0.29) is 23.0 Å². The standard InChI is InChI=1S/C45H72O16/c1-19-9-14-45(54-18-19)20(2)30-28(61-45)16-27-25-8-7-23-15-24(10-12-43(23,5)26(25)11-13-44(27,30)6)57-42-39(60-41-37(53)35(51)32(48)22(4)56-41)38(33(49)29(17-46)58-42)59-40-36(52)34(50)31(47)21(3)55-40/h7,19-22,24-42,46-53H,8-18H2,1-6H3/t19-,20-,21-,22-,24-,25+,26-,27-,28-,29+,30-,31-,32-,33+,34+,35+,36+,37+,38-,39+,40+,41+,42+,43-,44-,45+/m0/s1. The average Bonchev–Trinajstić information content (AvgIpc) is 3.69. The van der Waals surface area contributed by atoms with E-state index in [9.17, 15) is 40.9 Å². The molecule has 1 spiro atoms. The monoisotopic (exact) mass is 868 g/mol. The lowest BCUT2D eigenvalue weighted by atomic mass is 9.47. The van der Waals surface area contributed by atoms with E-state index >= 15 is 0 Å². The summed E-state index contributed by atoms with van der Waals surface area (Å²) in [5.41, 5.74) is 1.51. The lowest BCUT2D eigenvalue weighted by molar-refractivity contribution is -0.393. The Morgan fingerprint density at radius 3 is 1.97 bits per heavy atom. The molecule has 0 aromatic carbocycles. The molecule has 16 nitrogen and oxygen atoms in total. The van der Waals surface area contributed by atoms with Crippen molar-refractivity contribution >= 4 is 0 Å². The van der Waals surface area contributed by atoms with Gasteiger partial charge in [0.2, 0.25) is 0 Å². The lowest BCUT2D eigenvalue weighted by Gasteiger charge is -2.59. The maximum Gasteiger partial charge on any atom is 0.187 e. The highest BCUT2D eigenvalue weighted by Crippen LogP contribution is 2.70. The van der Waals surface area contributed by atoms with Crippen molar-refractivity contribution in [1.29, 1.82) is 0 Å². The zero-order valence-electron chi connectivity index (χ0n) is 36.5. The van der Waals surface area contributed by atoms with Crippen LogP contribution in [0.4, 0.5) is 0 Å². The smallest absolute Gasteiger partial charge is 0.187 e. The summed E-state index contributed by atoms with van der Waals surface area (Å²) in [5.74, 6) is 2.61. The fourth-order valence-corrected chi connectivity index (χ4v) is 14.0. The number of allylic oxidation sites excluding steroid dienone is 1. The molecule has 0 radical (unpaired) electrons. The van der Waals surface area contributed by atoms with Gasteiger partial charge < -0.3 is 78.7 Å². The van der Waals surface area contributed by atoms with Gasteiger partial charge in [0.25, 0.3) is 0 Å². The largest absolute Gasteiger partial charge is 0.394 e. The highest BCUT2D eigenvalue weighted by Gasteiger charge is 2.69. The Hall–Kier alpha value is -0.900. The van der Waals surface area contributed by atoms with Crippen molar-refractivity contribution in [1.82, 2.24) is 0 Å². The molecule has 3 saturated carbocycles. The van der Waals surface area contributed by atoms with E-state index in [1.807, 2.05) is 0 Å². The number of ether oxygens (including phenoxy) is 8. The molecule has 0 aromatic rings. The highest BCUT2D eigenvalue weighted by molar-refractivity contribution is 5.26. The predicted octanol–water partition coefficient (Wildman–Crippen LogP) is 1.24. The van der Waals surface area contributed by atoms with Crippen molar-refractivity contribution in [2.24, 2.45) is 46.3 Å². The van der Waals surface area contributed by atoms with Gasteiger partial charge in [-0.2, -0.15) is 0 Å². The molecular weight excluding hydrogens is 796 g/mol. The molecule has 0 bridgehead atoms. The summed E-state index contributed by atoms with van der Waals surface area (Å²) in [6, 6.07) is 0. The van der Waals surface area contributed by atoms with Crippen LogP contribution in [-0.2, 0) is 37.9 Å². The van der Waals surface area contributed by atoms with Gasteiger partial charge in [-0.05, 0) is 106 Å². The number of aliphatic hydroxyl groups is 8. The molecule has 5 heterocycles. The summed E-state index contributed by atoms with van der Waals surface area (Å²) < 4.78 is 50.5. The average molecular weight is 869 g/mol. The number of rotatable bonds is 7. The van der Waals surface area contributed by atoms with Gasteiger partial charge in [0.05, 0.1) is 37.6 Å². The first-order valence-electron chi connectivity index (χ1n) is 23.2. The molecule has 5 aliphatic heterocycles. The van der Waals surface area contributed by atoms with Crippen LogP contribution in [0.1, 0.15) is 99.3 Å². The molecule has 0 unspecified atom stereocenters. The third-order valence-electron chi connectivity index (χ3n) is 17.6. The summed E-state index contributed by atoms with van der Waals surface area (Å²) >= 11 is 0. The Balaban J connectivity index is 0.937. The van der Waals surface area contributed by atoms with Gasteiger partial charge in [-0.15, -0.1) is 0 Å². The van der Waals surface area contributed by atoms with Crippen LogP contribution in [0.25, 0.3) is 0 Å². The summed E-state index contributed by atoms with van der Waals surface area (Å²) in [7, 11) is 0. The second-order valence-corrected chi connectivity index (χ2v) is 21.1. The topological polar surface area (TPSA) is 236 Å². The molecule has 0 amide bonds. The van der Waals surface area contributed by atoms with Crippen LogP contribution in [0.15, 0.2) is 11.6 Å². The van der Waals surface area contributed by atoms with E-state index in [1.165, 1.54) is 19.4 Å². The van der Waals surface area contributed by atoms with Crippen LogP contribution in [0.5, 0.6) is 0 Å². The quantitative estimate of drug-likeness (QED) is 0.168. The molecule has 9 rings (SSSR count). The summed E-state index contributed by atoms with van der Waals surface area (Å²) in [6.45, 7) is 12.7. The van der Waals surface area contributed by atoms with Crippen LogP contribution in [0.2, 0.25) is 0 Å². The minimum absolute atomic E-state index is 0.0272. The molecule has 9 aliphatic rings. The molecule has 8 fully saturated rings. The van der Waals surface area contributed by atoms with Gasteiger partial charge in [0.1, 0.15) is 61.0 Å². The van der Waals surface area contributed by atoms with E-state index in [1.54, 1.807) is 0 Å². The van der Waals surface area contributed by atoms with Crippen LogP contribution in [0, 0.1) is 46.3 Å². The molecule has 0 aromatic heterocycles. The van der Waals surface area contributed by atoms with E-state index < -0.39 is 105 Å². The molecule has 4 aliphatic carbocycles. The second kappa shape index (κ2) is 16.8. The Morgan fingerprint density at radius 2 is 1.34 bits per heavy atom. The maximum absolute atomic E-state index is 11.6.